The van der Waals surface area contributed by atoms with Crippen LogP contribution in [0.1, 0.15) is 59.7 Å². The second kappa shape index (κ2) is 9.90. The second-order valence-electron chi connectivity index (χ2n) is 6.87. The maximum absolute atomic E-state index is 5.99. The first-order valence-corrected chi connectivity index (χ1v) is 10.2. The van der Waals surface area contributed by atoms with E-state index in [-0.39, 0.29) is 5.41 Å². The first-order valence-electron chi connectivity index (χ1n) is 10.2. The summed E-state index contributed by atoms with van der Waals surface area (Å²) in [5.74, 6) is 1.90. The van der Waals surface area contributed by atoms with Crippen LogP contribution in [0.25, 0.3) is 0 Å². The topological polar surface area (TPSA) is 76.4 Å². The zero-order valence-electron chi connectivity index (χ0n) is 17.1. The second-order valence-corrected chi connectivity index (χ2v) is 6.87. The molecule has 0 amide bonds. The summed E-state index contributed by atoms with van der Waals surface area (Å²) in [6, 6.07) is 0.410. The Kier molecular flexibility index (Phi) is 7.87. The Morgan fingerprint density at radius 3 is 2.69 bits per heavy atom. The maximum Gasteiger partial charge on any atom is 0.191 e. The minimum atomic E-state index is 0.204. The number of guanidine groups is 1. The molecule has 0 radical (unpaired) electrons. The van der Waals surface area contributed by atoms with Crippen molar-refractivity contribution in [1.29, 1.82) is 0 Å². The number of aromatic nitrogens is 3. The van der Waals surface area contributed by atoms with Gasteiger partial charge in [0.1, 0.15) is 12.2 Å². The number of aliphatic imine (C=N–C) groups is 1. The van der Waals surface area contributed by atoms with Gasteiger partial charge in [0.05, 0.1) is 12.6 Å². The Balaban J connectivity index is 1.98. The summed E-state index contributed by atoms with van der Waals surface area (Å²) in [5.41, 5.74) is 0.204. The van der Waals surface area contributed by atoms with Crippen molar-refractivity contribution in [2.45, 2.75) is 79.0 Å². The lowest BCUT2D eigenvalue weighted by Crippen LogP contribution is -2.65. The molecule has 2 atom stereocenters. The van der Waals surface area contributed by atoms with Gasteiger partial charge in [0.2, 0.25) is 0 Å². The van der Waals surface area contributed by atoms with Gasteiger partial charge in [0.15, 0.2) is 5.96 Å². The number of nitrogens with one attached hydrogen (secondary N) is 2. The lowest BCUT2D eigenvalue weighted by molar-refractivity contribution is -0.133. The summed E-state index contributed by atoms with van der Waals surface area (Å²) >= 11 is 0. The van der Waals surface area contributed by atoms with Crippen LogP contribution in [0.5, 0.6) is 0 Å². The van der Waals surface area contributed by atoms with Gasteiger partial charge in [-0.2, -0.15) is 0 Å². The van der Waals surface area contributed by atoms with Crippen LogP contribution >= 0.6 is 0 Å². The number of nitrogens with zero attached hydrogens (tertiary/aromatic N) is 4. The minimum absolute atomic E-state index is 0.204. The predicted molar refractivity (Wildman–Crippen MR) is 105 cm³/mol. The molecule has 1 aliphatic rings. The van der Waals surface area contributed by atoms with E-state index >= 15 is 0 Å². The molecule has 1 saturated carbocycles. The maximum atomic E-state index is 5.99. The number of ether oxygens (including phenoxy) is 1. The van der Waals surface area contributed by atoms with E-state index in [9.17, 15) is 0 Å². The summed E-state index contributed by atoms with van der Waals surface area (Å²) < 4.78 is 8.06. The fourth-order valence-corrected chi connectivity index (χ4v) is 4.08. The number of hydrogen-bond donors (Lipinski definition) is 2. The van der Waals surface area contributed by atoms with Gasteiger partial charge in [0, 0.05) is 37.6 Å². The van der Waals surface area contributed by atoms with Crippen molar-refractivity contribution in [3.63, 3.8) is 0 Å². The number of aryl methyl sites for hydroxylation is 1. The van der Waals surface area contributed by atoms with Gasteiger partial charge in [-0.05, 0) is 33.1 Å². The average Bonchev–Trinajstić information content (AvgIpc) is 3.09. The molecule has 7 heteroatoms. The molecule has 1 aromatic heterocycles. The zero-order valence-corrected chi connectivity index (χ0v) is 17.1. The van der Waals surface area contributed by atoms with Crippen LogP contribution in [-0.4, -0.2) is 52.6 Å². The highest BCUT2D eigenvalue weighted by Gasteiger charge is 2.53. The highest BCUT2D eigenvalue weighted by molar-refractivity contribution is 5.80. The summed E-state index contributed by atoms with van der Waals surface area (Å²) in [6.45, 7) is 13.9. The summed E-state index contributed by atoms with van der Waals surface area (Å²) in [4.78, 5) is 4.77. The van der Waals surface area contributed by atoms with Gasteiger partial charge in [-0.1, -0.05) is 20.8 Å². The van der Waals surface area contributed by atoms with Crippen LogP contribution < -0.4 is 10.6 Å². The van der Waals surface area contributed by atoms with Crippen molar-refractivity contribution in [2.75, 3.05) is 19.7 Å². The molecule has 1 heterocycles. The smallest absolute Gasteiger partial charge is 0.191 e. The monoisotopic (exact) mass is 364 g/mol. The third kappa shape index (κ3) is 4.37. The van der Waals surface area contributed by atoms with Crippen LogP contribution in [0.15, 0.2) is 11.3 Å². The van der Waals surface area contributed by atoms with Crippen LogP contribution in [0.3, 0.4) is 0 Å². The fraction of sp³-hybridized carbons (Fsp3) is 0.842. The molecule has 0 aliphatic heterocycles. The number of hydrogen-bond acceptors (Lipinski definition) is 4. The molecule has 2 rings (SSSR count). The minimum Gasteiger partial charge on any atom is -0.378 e. The van der Waals surface area contributed by atoms with Crippen molar-refractivity contribution < 1.29 is 4.74 Å². The molecular weight excluding hydrogens is 328 g/mol. The van der Waals surface area contributed by atoms with Crippen LogP contribution in [0.2, 0.25) is 0 Å². The largest absolute Gasteiger partial charge is 0.378 e. The standard InChI is InChI=1S/C19H36N6O/c1-6-17-24-22-14-25(17)12-11-21-18(20-9-4)23-15-13-16(26-10-5)19(15,7-2)8-3/h14-16H,6-13H2,1-5H3,(H2,20,21,23). The summed E-state index contributed by atoms with van der Waals surface area (Å²) in [6.07, 6.45) is 6.31. The van der Waals surface area contributed by atoms with Crippen molar-refractivity contribution in [2.24, 2.45) is 10.4 Å². The zero-order chi connectivity index (χ0) is 19.0. The number of rotatable bonds is 10. The van der Waals surface area contributed by atoms with E-state index in [0.717, 1.165) is 57.2 Å². The normalized spacial score (nSPS) is 22.1. The Morgan fingerprint density at radius 2 is 2.08 bits per heavy atom. The van der Waals surface area contributed by atoms with Gasteiger partial charge in [-0.3, -0.25) is 4.99 Å². The quantitative estimate of drug-likeness (QED) is 0.492. The van der Waals surface area contributed by atoms with E-state index < -0.39 is 0 Å². The molecule has 0 aromatic carbocycles. The third-order valence-electron chi connectivity index (χ3n) is 5.75. The van der Waals surface area contributed by atoms with Crippen LogP contribution in [0.4, 0.5) is 0 Å². The van der Waals surface area contributed by atoms with Crippen molar-refractivity contribution >= 4 is 5.96 Å². The van der Waals surface area contributed by atoms with E-state index in [0.29, 0.717) is 18.7 Å². The summed E-state index contributed by atoms with van der Waals surface area (Å²) in [7, 11) is 0. The fourth-order valence-electron chi connectivity index (χ4n) is 4.08. The molecule has 148 valence electrons. The van der Waals surface area contributed by atoms with E-state index in [1.807, 2.05) is 0 Å². The molecule has 2 unspecified atom stereocenters. The molecule has 26 heavy (non-hydrogen) atoms. The van der Waals surface area contributed by atoms with Gasteiger partial charge in [-0.25, -0.2) is 0 Å². The third-order valence-corrected chi connectivity index (χ3v) is 5.75. The summed E-state index contributed by atoms with van der Waals surface area (Å²) in [5, 5.41) is 15.2. The first kappa shape index (κ1) is 20.7. The highest BCUT2D eigenvalue weighted by Crippen LogP contribution is 2.48. The van der Waals surface area contributed by atoms with Gasteiger partial charge in [-0.15, -0.1) is 10.2 Å². The Bertz CT molecular complexity index is 566. The van der Waals surface area contributed by atoms with Gasteiger partial charge < -0.3 is 19.9 Å². The molecule has 1 aliphatic carbocycles. The van der Waals surface area contributed by atoms with E-state index in [1.54, 1.807) is 6.33 Å². The van der Waals surface area contributed by atoms with Gasteiger partial charge in [0.25, 0.3) is 0 Å². The van der Waals surface area contributed by atoms with Crippen molar-refractivity contribution in [3.8, 4) is 0 Å². The van der Waals surface area contributed by atoms with Crippen molar-refractivity contribution in [1.82, 2.24) is 25.4 Å². The Labute approximate surface area is 158 Å². The lowest BCUT2D eigenvalue weighted by atomic mass is 9.58. The molecule has 2 N–H and O–H groups in total. The molecule has 0 saturated heterocycles. The molecule has 1 aromatic rings. The lowest BCUT2D eigenvalue weighted by Gasteiger charge is -2.55. The van der Waals surface area contributed by atoms with E-state index in [4.69, 9.17) is 9.73 Å². The van der Waals surface area contributed by atoms with E-state index in [1.165, 1.54) is 0 Å². The molecular formula is C19H36N6O. The Morgan fingerprint density at radius 1 is 1.31 bits per heavy atom. The van der Waals surface area contributed by atoms with Crippen LogP contribution in [0, 0.1) is 5.41 Å². The predicted octanol–water partition coefficient (Wildman–Crippen LogP) is 2.38. The van der Waals surface area contributed by atoms with Crippen LogP contribution in [-0.2, 0) is 17.7 Å². The SMILES string of the molecule is CCNC(=NCCn1cnnc1CC)NC1CC(OCC)C1(CC)CC. The first-order chi connectivity index (χ1) is 12.6. The highest BCUT2D eigenvalue weighted by atomic mass is 16.5. The molecule has 0 bridgehead atoms. The Hall–Kier alpha value is -1.63. The van der Waals surface area contributed by atoms with Gasteiger partial charge >= 0.3 is 0 Å². The molecule has 0 spiro atoms. The molecule has 7 nitrogen and oxygen atoms in total. The average molecular weight is 365 g/mol. The van der Waals surface area contributed by atoms with E-state index in [2.05, 4.69) is 60.0 Å². The van der Waals surface area contributed by atoms with Crippen molar-refractivity contribution in [3.05, 3.63) is 12.2 Å². The molecule has 1 fully saturated rings.